The molecular weight excluding hydrogens is 528 g/mol. The van der Waals surface area contributed by atoms with Crippen molar-refractivity contribution in [2.45, 2.75) is 5.24 Å². The van der Waals surface area contributed by atoms with Crippen LogP contribution in [0.2, 0.25) is 0 Å². The third-order valence-electron chi connectivity index (χ3n) is 5.64. The smallest absolute Gasteiger partial charge is 0.271 e. The van der Waals surface area contributed by atoms with Crippen LogP contribution in [0.1, 0.15) is 20.8 Å². The van der Waals surface area contributed by atoms with Crippen molar-refractivity contribution in [2.24, 2.45) is 14.1 Å². The van der Waals surface area contributed by atoms with Crippen LogP contribution < -0.4 is 20.7 Å². The highest BCUT2D eigenvalue weighted by Crippen LogP contribution is 2.39. The average Bonchev–Trinajstić information content (AvgIpc) is 3.46. The number of carbonyl (C=O) groups is 2. The van der Waals surface area contributed by atoms with Crippen molar-refractivity contribution in [3.63, 3.8) is 0 Å². The number of hydrogen-bond donors (Lipinski definition) is 3. The summed E-state index contributed by atoms with van der Waals surface area (Å²) in [5, 5.41) is 18.7. The van der Waals surface area contributed by atoms with Crippen LogP contribution in [0.15, 0.2) is 36.7 Å². The zero-order valence-electron chi connectivity index (χ0n) is 22.9. The summed E-state index contributed by atoms with van der Waals surface area (Å²) in [6.45, 7) is 0. The van der Waals surface area contributed by atoms with E-state index in [1.165, 1.54) is 58.1 Å². The molecule has 4 aromatic rings. The highest BCUT2D eigenvalue weighted by atomic mass is 19.1. The first kappa shape index (κ1) is 29.2. The van der Waals surface area contributed by atoms with E-state index in [0.717, 1.165) is 0 Å². The Morgan fingerprint density at radius 2 is 1.73 bits per heavy atom. The van der Waals surface area contributed by atoms with Crippen molar-refractivity contribution in [1.82, 2.24) is 40.0 Å². The summed E-state index contributed by atoms with van der Waals surface area (Å²) in [5.74, 6) is -0.840. The van der Waals surface area contributed by atoms with Crippen LogP contribution >= 0.6 is 0 Å². The Morgan fingerprint density at radius 3 is 2.34 bits per heavy atom. The van der Waals surface area contributed by atoms with E-state index >= 15 is 4.39 Å². The predicted octanol–water partition coefficient (Wildman–Crippen LogP) is 0.794. The molecule has 6 radical (unpaired) electrons. The number of amides is 2. The van der Waals surface area contributed by atoms with Crippen molar-refractivity contribution >= 4 is 58.4 Å². The maximum Gasteiger partial charge on any atom is 0.271 e. The van der Waals surface area contributed by atoms with Crippen LogP contribution in [0.4, 0.5) is 27.4 Å². The van der Waals surface area contributed by atoms with E-state index in [1.54, 1.807) is 28.2 Å². The van der Waals surface area contributed by atoms with E-state index in [2.05, 4.69) is 36.2 Å². The second kappa shape index (κ2) is 11.4. The molecule has 4 rings (SSSR count). The predicted molar refractivity (Wildman–Crippen MR) is 152 cm³/mol. The minimum Gasteiger partial charge on any atom is -0.494 e. The van der Waals surface area contributed by atoms with Gasteiger partial charge in [-0.1, -0.05) is 5.24 Å². The molecule has 2 amide bonds. The van der Waals surface area contributed by atoms with Gasteiger partial charge in [-0.25, -0.2) is 9.37 Å². The lowest BCUT2D eigenvalue weighted by Crippen LogP contribution is -2.50. The van der Waals surface area contributed by atoms with Crippen LogP contribution in [0.3, 0.4) is 0 Å². The fourth-order valence-corrected chi connectivity index (χ4v) is 3.88. The monoisotopic (exact) mass is 552 g/mol. The molecule has 41 heavy (non-hydrogen) atoms. The molecule has 0 saturated carbocycles. The van der Waals surface area contributed by atoms with Crippen LogP contribution in [-0.2, 0) is 14.1 Å². The van der Waals surface area contributed by atoms with Crippen LogP contribution in [0.25, 0.3) is 11.3 Å². The largest absolute Gasteiger partial charge is 0.494 e. The lowest BCUT2D eigenvalue weighted by Gasteiger charge is -2.23. The molecular formula is C24H24B3FN10O3. The number of hydrogen-bond acceptors (Lipinski definition) is 9. The number of benzene rings is 1. The zero-order chi connectivity index (χ0) is 30.1. The summed E-state index contributed by atoms with van der Waals surface area (Å²) in [7, 11) is 24.5. The van der Waals surface area contributed by atoms with E-state index in [4.69, 9.17) is 28.3 Å². The number of halogens is 1. The number of nitrogens with one attached hydrogen (secondary N) is 3. The molecule has 0 aliphatic heterocycles. The molecule has 0 aliphatic rings. The quantitative estimate of drug-likeness (QED) is 0.257. The number of carbonyl (C=O) groups excluding carboxylic acids is 2. The molecule has 204 valence electrons. The Labute approximate surface area is 239 Å². The molecule has 0 saturated heterocycles. The van der Waals surface area contributed by atoms with Crippen molar-refractivity contribution in [3.05, 3.63) is 53.7 Å². The SMILES string of the molecule is [B]C([B])([B])NC(=O)c1cnc(Nc2cnn(C)n2)cc1Nc1cc(F)cc(-c2cc(C(=O)N(C)C)n(C)n2)c1OC. The molecule has 0 unspecified atom stereocenters. The van der Waals surface area contributed by atoms with Gasteiger partial charge in [0.15, 0.2) is 11.6 Å². The molecule has 3 N–H and O–H groups in total. The van der Waals surface area contributed by atoms with Gasteiger partial charge in [-0.15, -0.1) is 5.10 Å². The summed E-state index contributed by atoms with van der Waals surface area (Å²) >= 11 is 0. The van der Waals surface area contributed by atoms with Crippen molar-refractivity contribution in [3.8, 4) is 17.0 Å². The molecule has 3 heterocycles. The van der Waals surface area contributed by atoms with Crippen LogP contribution in [0, 0.1) is 5.82 Å². The van der Waals surface area contributed by atoms with Gasteiger partial charge in [-0.05, 0) is 12.1 Å². The molecule has 0 atom stereocenters. The third-order valence-corrected chi connectivity index (χ3v) is 5.64. The van der Waals surface area contributed by atoms with Gasteiger partial charge in [-0.3, -0.25) is 14.3 Å². The lowest BCUT2D eigenvalue weighted by molar-refractivity contribution is 0.0816. The number of rotatable bonds is 9. The molecule has 3 aromatic heterocycles. The highest BCUT2D eigenvalue weighted by Gasteiger charge is 2.23. The first-order chi connectivity index (χ1) is 19.3. The van der Waals surface area contributed by atoms with Crippen LogP contribution in [-0.4, -0.2) is 96.5 Å². The van der Waals surface area contributed by atoms with Gasteiger partial charge in [0.05, 0.1) is 59.5 Å². The Bertz CT molecular complexity index is 1620. The maximum absolute atomic E-state index is 15.0. The summed E-state index contributed by atoms with van der Waals surface area (Å²) in [4.78, 5) is 32.5. The van der Waals surface area contributed by atoms with Gasteiger partial charge in [0.25, 0.3) is 11.8 Å². The molecule has 1 aromatic carbocycles. The molecule has 0 spiro atoms. The molecule has 0 fully saturated rings. The van der Waals surface area contributed by atoms with Gasteiger partial charge >= 0.3 is 0 Å². The molecule has 17 heteroatoms. The van der Waals surface area contributed by atoms with Gasteiger partial charge < -0.3 is 25.6 Å². The minimum atomic E-state index is -2.02. The summed E-state index contributed by atoms with van der Waals surface area (Å²) in [5.41, 5.74) is 1.10. The number of aromatic nitrogens is 6. The third kappa shape index (κ3) is 6.68. The number of aryl methyl sites for hydroxylation is 2. The van der Waals surface area contributed by atoms with Crippen molar-refractivity contribution < 1.29 is 18.7 Å². The fraction of sp³-hybridized carbons (Fsp3) is 0.250. The molecule has 13 nitrogen and oxygen atoms in total. The second-order valence-corrected chi connectivity index (χ2v) is 9.24. The summed E-state index contributed by atoms with van der Waals surface area (Å²) in [6, 6.07) is 5.41. The van der Waals surface area contributed by atoms with E-state index in [0.29, 0.717) is 5.82 Å². The van der Waals surface area contributed by atoms with Crippen LogP contribution in [0.5, 0.6) is 5.75 Å². The molecule has 0 bridgehead atoms. The number of nitrogens with zero attached hydrogens (tertiary/aromatic N) is 7. The number of pyridine rings is 1. The number of anilines is 4. The van der Waals surface area contributed by atoms with E-state index < -0.39 is 17.0 Å². The van der Waals surface area contributed by atoms with E-state index in [1.807, 2.05) is 0 Å². The van der Waals surface area contributed by atoms with E-state index in [-0.39, 0.29) is 51.4 Å². The van der Waals surface area contributed by atoms with Crippen molar-refractivity contribution in [1.29, 1.82) is 0 Å². The van der Waals surface area contributed by atoms with Gasteiger partial charge in [0.1, 0.15) is 17.3 Å². The second-order valence-electron chi connectivity index (χ2n) is 9.24. The maximum atomic E-state index is 15.0. The highest BCUT2D eigenvalue weighted by molar-refractivity contribution is 6.60. The Kier molecular flexibility index (Phi) is 8.08. The Morgan fingerprint density at radius 1 is 1.00 bits per heavy atom. The molecule has 0 aliphatic carbocycles. The first-order valence-corrected chi connectivity index (χ1v) is 12.0. The summed E-state index contributed by atoms with van der Waals surface area (Å²) in [6.07, 6.45) is 2.72. The number of methoxy groups -OCH3 is 1. The lowest BCUT2D eigenvalue weighted by atomic mass is 9.49. The standard InChI is InChI=1S/C24H24B3FN10O3/c1-36(2)23(40)18-8-16(34-37(18)3)13-6-12(28)7-17(21(13)41-5)31-15-9-19(32-20-11-30-38(4)35-20)29-10-14(15)22(39)33-24(25,26)27/h6-11H,1-5H3,(H,33,39)(H2,29,31,32,35). The van der Waals surface area contributed by atoms with E-state index in [9.17, 15) is 9.59 Å². The normalized spacial score (nSPS) is 11.2. The van der Waals surface area contributed by atoms with Crippen molar-refractivity contribution in [2.75, 3.05) is 31.8 Å². The summed E-state index contributed by atoms with van der Waals surface area (Å²) < 4.78 is 22.0. The zero-order valence-corrected chi connectivity index (χ0v) is 22.9. The average molecular weight is 552 g/mol. The Hall–Kier alpha value is -4.82. The fourth-order valence-electron chi connectivity index (χ4n) is 3.88. The van der Waals surface area contributed by atoms with Gasteiger partial charge in [0, 0.05) is 52.1 Å². The minimum absolute atomic E-state index is 0.0232. The topological polar surface area (TPSA) is 144 Å². The number of ether oxygens (including phenoxy) is 1. The first-order valence-electron chi connectivity index (χ1n) is 12.0. The van der Waals surface area contributed by atoms with Gasteiger partial charge in [0.2, 0.25) is 0 Å². The van der Waals surface area contributed by atoms with Gasteiger partial charge in [-0.2, -0.15) is 15.0 Å². The Balaban J connectivity index is 1.80.